The lowest BCUT2D eigenvalue weighted by atomic mass is 10.1. The summed E-state index contributed by atoms with van der Waals surface area (Å²) in [6.07, 6.45) is 0. The van der Waals surface area contributed by atoms with Crippen molar-refractivity contribution in [3.63, 3.8) is 0 Å². The van der Waals surface area contributed by atoms with Crippen LogP contribution in [0.25, 0.3) is 0 Å². The minimum Gasteiger partial charge on any atom is -0.497 e. The van der Waals surface area contributed by atoms with Crippen molar-refractivity contribution in [2.24, 2.45) is 11.7 Å². The number of methoxy groups -OCH3 is 2. The van der Waals surface area contributed by atoms with E-state index in [2.05, 4.69) is 5.32 Å². The number of nitrogens with one attached hydrogen (secondary N) is 1. The molecule has 5 heteroatoms. The van der Waals surface area contributed by atoms with E-state index in [0.717, 1.165) is 11.3 Å². The molecule has 1 aromatic carbocycles. The fourth-order valence-corrected chi connectivity index (χ4v) is 1.72. The fraction of sp³-hybridized carbons (Fsp3) is 0.500. The van der Waals surface area contributed by atoms with Gasteiger partial charge in [0.2, 0.25) is 5.91 Å². The molecule has 19 heavy (non-hydrogen) atoms. The number of hydrogen-bond acceptors (Lipinski definition) is 4. The average molecular weight is 266 g/mol. The second-order valence-corrected chi connectivity index (χ2v) is 4.47. The molecule has 2 unspecified atom stereocenters. The molecule has 0 aliphatic carbocycles. The minimum absolute atomic E-state index is 0.0622. The van der Waals surface area contributed by atoms with Crippen molar-refractivity contribution in [1.29, 1.82) is 0 Å². The fourth-order valence-electron chi connectivity index (χ4n) is 1.72. The Morgan fingerprint density at radius 1 is 1.32 bits per heavy atom. The molecule has 1 amide bonds. The molecule has 1 rings (SSSR count). The standard InChI is InChI=1S/C14H22N2O3/c1-9(8-15)14(17)16-10(2)12-6-5-11(18-3)7-13(12)19-4/h5-7,9-10H,8,15H2,1-4H3,(H,16,17). The number of ether oxygens (including phenoxy) is 2. The quantitative estimate of drug-likeness (QED) is 0.818. The number of rotatable bonds is 6. The molecule has 1 aromatic rings. The zero-order valence-electron chi connectivity index (χ0n) is 11.9. The van der Waals surface area contributed by atoms with E-state index in [-0.39, 0.29) is 17.9 Å². The van der Waals surface area contributed by atoms with Crippen molar-refractivity contribution in [2.75, 3.05) is 20.8 Å². The molecular formula is C14H22N2O3. The molecule has 0 bridgehead atoms. The van der Waals surface area contributed by atoms with Gasteiger partial charge in [0.15, 0.2) is 0 Å². The summed E-state index contributed by atoms with van der Waals surface area (Å²) < 4.78 is 10.5. The van der Waals surface area contributed by atoms with Crippen LogP contribution in [-0.2, 0) is 4.79 Å². The second-order valence-electron chi connectivity index (χ2n) is 4.47. The van der Waals surface area contributed by atoms with Crippen LogP contribution in [0.2, 0.25) is 0 Å². The molecule has 2 atom stereocenters. The van der Waals surface area contributed by atoms with Crippen LogP contribution in [0.5, 0.6) is 11.5 Å². The van der Waals surface area contributed by atoms with Gasteiger partial charge in [-0.05, 0) is 19.1 Å². The maximum absolute atomic E-state index is 11.8. The zero-order valence-corrected chi connectivity index (χ0v) is 11.9. The zero-order chi connectivity index (χ0) is 14.4. The number of hydrogen-bond donors (Lipinski definition) is 2. The Kier molecular flexibility index (Phi) is 5.63. The highest BCUT2D eigenvalue weighted by molar-refractivity contribution is 5.79. The third kappa shape index (κ3) is 3.86. The van der Waals surface area contributed by atoms with Gasteiger partial charge in [-0.3, -0.25) is 4.79 Å². The van der Waals surface area contributed by atoms with E-state index in [1.807, 2.05) is 19.1 Å². The molecule has 0 saturated heterocycles. The summed E-state index contributed by atoms with van der Waals surface area (Å²) in [6, 6.07) is 5.37. The number of benzene rings is 1. The van der Waals surface area contributed by atoms with Gasteiger partial charge in [0.05, 0.1) is 20.3 Å². The topological polar surface area (TPSA) is 73.6 Å². The number of nitrogens with two attached hydrogens (primary N) is 1. The van der Waals surface area contributed by atoms with Gasteiger partial charge >= 0.3 is 0 Å². The van der Waals surface area contributed by atoms with Gasteiger partial charge in [0, 0.05) is 24.1 Å². The van der Waals surface area contributed by atoms with Crippen molar-refractivity contribution in [3.8, 4) is 11.5 Å². The molecule has 0 aromatic heterocycles. The molecular weight excluding hydrogens is 244 g/mol. The number of amides is 1. The maximum atomic E-state index is 11.8. The summed E-state index contributed by atoms with van der Waals surface area (Å²) >= 11 is 0. The van der Waals surface area contributed by atoms with Crippen LogP contribution >= 0.6 is 0 Å². The van der Waals surface area contributed by atoms with Crippen molar-refractivity contribution >= 4 is 5.91 Å². The first-order valence-corrected chi connectivity index (χ1v) is 6.25. The van der Waals surface area contributed by atoms with E-state index in [0.29, 0.717) is 12.3 Å². The van der Waals surface area contributed by atoms with E-state index in [9.17, 15) is 4.79 Å². The Balaban J connectivity index is 2.87. The van der Waals surface area contributed by atoms with Gasteiger partial charge in [-0.2, -0.15) is 0 Å². The molecule has 106 valence electrons. The first-order chi connectivity index (χ1) is 9.03. The number of carbonyl (C=O) groups excluding carboxylic acids is 1. The van der Waals surface area contributed by atoms with Crippen LogP contribution in [0, 0.1) is 5.92 Å². The predicted molar refractivity (Wildman–Crippen MR) is 74.3 cm³/mol. The first kappa shape index (κ1) is 15.3. The molecule has 0 saturated carbocycles. The Morgan fingerprint density at radius 2 is 2.00 bits per heavy atom. The van der Waals surface area contributed by atoms with E-state index < -0.39 is 0 Å². The van der Waals surface area contributed by atoms with E-state index in [4.69, 9.17) is 15.2 Å². The van der Waals surface area contributed by atoms with Gasteiger partial charge in [0.25, 0.3) is 0 Å². The number of carbonyl (C=O) groups is 1. The highest BCUT2D eigenvalue weighted by atomic mass is 16.5. The SMILES string of the molecule is COc1ccc(C(C)NC(=O)C(C)CN)c(OC)c1. The van der Waals surface area contributed by atoms with Crippen molar-refractivity contribution in [3.05, 3.63) is 23.8 Å². The average Bonchev–Trinajstić information content (AvgIpc) is 2.45. The summed E-state index contributed by atoms with van der Waals surface area (Å²) in [6.45, 7) is 4.04. The highest BCUT2D eigenvalue weighted by Gasteiger charge is 2.17. The maximum Gasteiger partial charge on any atom is 0.224 e. The summed E-state index contributed by atoms with van der Waals surface area (Å²) in [5.74, 6) is 1.14. The van der Waals surface area contributed by atoms with Gasteiger partial charge < -0.3 is 20.5 Å². The molecule has 0 heterocycles. The highest BCUT2D eigenvalue weighted by Crippen LogP contribution is 2.29. The Hall–Kier alpha value is -1.75. The summed E-state index contributed by atoms with van der Waals surface area (Å²) in [7, 11) is 3.19. The van der Waals surface area contributed by atoms with Gasteiger partial charge in [0.1, 0.15) is 11.5 Å². The van der Waals surface area contributed by atoms with E-state index in [1.54, 1.807) is 27.2 Å². The normalized spacial score (nSPS) is 13.5. The molecule has 0 fully saturated rings. The van der Waals surface area contributed by atoms with Crippen LogP contribution in [0.15, 0.2) is 18.2 Å². The van der Waals surface area contributed by atoms with Crippen LogP contribution in [0.3, 0.4) is 0 Å². The molecule has 3 N–H and O–H groups in total. The lowest BCUT2D eigenvalue weighted by Gasteiger charge is -2.19. The molecule has 0 aliphatic rings. The summed E-state index contributed by atoms with van der Waals surface area (Å²) in [4.78, 5) is 11.8. The third-order valence-corrected chi connectivity index (χ3v) is 3.07. The second kappa shape index (κ2) is 6.99. The van der Waals surface area contributed by atoms with Gasteiger partial charge in [-0.1, -0.05) is 6.92 Å². The van der Waals surface area contributed by atoms with Crippen LogP contribution in [0.4, 0.5) is 0 Å². The molecule has 0 radical (unpaired) electrons. The van der Waals surface area contributed by atoms with Crippen molar-refractivity contribution in [2.45, 2.75) is 19.9 Å². The Labute approximate surface area is 114 Å². The minimum atomic E-state index is -0.202. The predicted octanol–water partition coefficient (Wildman–Crippen LogP) is 1.48. The summed E-state index contributed by atoms with van der Waals surface area (Å²) in [5, 5.41) is 2.92. The van der Waals surface area contributed by atoms with Crippen LogP contribution < -0.4 is 20.5 Å². The molecule has 0 spiro atoms. The van der Waals surface area contributed by atoms with E-state index in [1.165, 1.54) is 0 Å². The Bertz CT molecular complexity index is 435. The lowest BCUT2D eigenvalue weighted by Crippen LogP contribution is -2.35. The van der Waals surface area contributed by atoms with Crippen LogP contribution in [-0.4, -0.2) is 26.7 Å². The Morgan fingerprint density at radius 3 is 2.53 bits per heavy atom. The van der Waals surface area contributed by atoms with Gasteiger partial charge in [-0.15, -0.1) is 0 Å². The lowest BCUT2D eigenvalue weighted by molar-refractivity contribution is -0.124. The third-order valence-electron chi connectivity index (χ3n) is 3.07. The van der Waals surface area contributed by atoms with Crippen LogP contribution in [0.1, 0.15) is 25.5 Å². The van der Waals surface area contributed by atoms with Crippen molar-refractivity contribution < 1.29 is 14.3 Å². The largest absolute Gasteiger partial charge is 0.497 e. The van der Waals surface area contributed by atoms with Crippen molar-refractivity contribution in [1.82, 2.24) is 5.32 Å². The van der Waals surface area contributed by atoms with E-state index >= 15 is 0 Å². The smallest absolute Gasteiger partial charge is 0.224 e. The monoisotopic (exact) mass is 266 g/mol. The molecule has 0 aliphatic heterocycles. The van der Waals surface area contributed by atoms with Gasteiger partial charge in [-0.25, -0.2) is 0 Å². The molecule has 5 nitrogen and oxygen atoms in total. The first-order valence-electron chi connectivity index (χ1n) is 6.25. The summed E-state index contributed by atoms with van der Waals surface area (Å²) in [5.41, 5.74) is 6.38.